The fourth-order valence-electron chi connectivity index (χ4n) is 3.69. The molecule has 0 radical (unpaired) electrons. The molecule has 9 heteroatoms. The highest BCUT2D eigenvalue weighted by Crippen LogP contribution is 2.47. The van der Waals surface area contributed by atoms with Gasteiger partial charge < -0.3 is 15.3 Å². The largest absolute Gasteiger partial charge is 0.466 e. The lowest BCUT2D eigenvalue weighted by atomic mass is 9.65. The highest BCUT2D eigenvalue weighted by molar-refractivity contribution is 5.88. The first-order valence-corrected chi connectivity index (χ1v) is 8.18. The summed E-state index contributed by atoms with van der Waals surface area (Å²) in [5.41, 5.74) is 4.54. The zero-order chi connectivity index (χ0) is 19.1. The summed E-state index contributed by atoms with van der Waals surface area (Å²) in [5.74, 6) is -3.48. The minimum atomic E-state index is -1.57. The van der Waals surface area contributed by atoms with Crippen molar-refractivity contribution >= 4 is 17.6 Å². The predicted octanol–water partition coefficient (Wildman–Crippen LogP) is 0.757. The second-order valence-corrected chi connectivity index (χ2v) is 6.52. The van der Waals surface area contributed by atoms with Gasteiger partial charge in [-0.3, -0.25) is 25.1 Å². The number of fused-ring (bicyclic) bond motifs is 1. The molecule has 0 unspecified atom stereocenters. The van der Waals surface area contributed by atoms with Crippen LogP contribution in [0.5, 0.6) is 0 Å². The number of nitrogens with one attached hydrogen (secondary N) is 2. The van der Waals surface area contributed by atoms with Gasteiger partial charge in [-0.1, -0.05) is 12.1 Å². The van der Waals surface area contributed by atoms with Crippen LogP contribution < -0.4 is 10.9 Å². The topological polar surface area (TPSA) is 131 Å². The smallest absolute Gasteiger partial charge is 0.312 e. The van der Waals surface area contributed by atoms with E-state index in [-0.39, 0.29) is 18.2 Å². The maximum atomic E-state index is 12.6. The van der Waals surface area contributed by atoms with Gasteiger partial charge in [0.2, 0.25) is 5.91 Å². The summed E-state index contributed by atoms with van der Waals surface area (Å²) in [6.45, 7) is 3.26. The summed E-state index contributed by atoms with van der Waals surface area (Å²) in [7, 11) is 0. The Balaban J connectivity index is 2.12. The molecule has 1 aliphatic carbocycles. The highest BCUT2D eigenvalue weighted by Gasteiger charge is 2.54. The van der Waals surface area contributed by atoms with Gasteiger partial charge in [-0.2, -0.15) is 0 Å². The predicted molar refractivity (Wildman–Crippen MR) is 89.4 cm³/mol. The quantitative estimate of drug-likeness (QED) is 0.410. The molecule has 3 N–H and O–H groups in total. The molecule has 0 spiro atoms. The van der Waals surface area contributed by atoms with Gasteiger partial charge in [0.15, 0.2) is 0 Å². The number of carbonyl (C=O) groups is 2. The lowest BCUT2D eigenvalue weighted by Crippen LogP contribution is -2.49. The van der Waals surface area contributed by atoms with Crippen molar-refractivity contribution in [3.63, 3.8) is 0 Å². The van der Waals surface area contributed by atoms with Gasteiger partial charge in [-0.05, 0) is 25.5 Å². The number of amides is 1. The number of nitro benzene ring substituents is 1. The minimum Gasteiger partial charge on any atom is -0.466 e. The Morgan fingerprint density at radius 1 is 1.35 bits per heavy atom. The van der Waals surface area contributed by atoms with Crippen LogP contribution in [0.2, 0.25) is 0 Å². The third kappa shape index (κ3) is 2.90. The number of nitro groups is 1. The molecule has 0 aromatic heterocycles. The van der Waals surface area contributed by atoms with Crippen LogP contribution in [-0.2, 0) is 14.3 Å². The van der Waals surface area contributed by atoms with Gasteiger partial charge in [0.25, 0.3) is 5.69 Å². The molecule has 1 heterocycles. The molecule has 1 aromatic carbocycles. The van der Waals surface area contributed by atoms with Crippen LogP contribution in [0.1, 0.15) is 25.3 Å². The van der Waals surface area contributed by atoms with E-state index in [9.17, 15) is 24.8 Å². The summed E-state index contributed by atoms with van der Waals surface area (Å²) in [4.78, 5) is 35.3. The van der Waals surface area contributed by atoms with Crippen molar-refractivity contribution < 1.29 is 24.4 Å². The number of hydrogen-bond acceptors (Lipinski definition) is 7. The van der Waals surface area contributed by atoms with Crippen LogP contribution in [0.25, 0.3) is 0 Å². The third-order valence-electron chi connectivity index (χ3n) is 4.77. The van der Waals surface area contributed by atoms with Crippen molar-refractivity contribution in [3.8, 4) is 0 Å². The molecule has 1 aliphatic heterocycles. The van der Waals surface area contributed by atoms with Crippen molar-refractivity contribution in [2.45, 2.75) is 25.4 Å². The maximum Gasteiger partial charge on any atom is 0.312 e. The van der Waals surface area contributed by atoms with E-state index in [2.05, 4.69) is 10.9 Å². The van der Waals surface area contributed by atoms with Gasteiger partial charge >= 0.3 is 5.97 Å². The normalized spacial score (nSPS) is 29.9. The highest BCUT2D eigenvalue weighted by atomic mass is 16.6. The zero-order valence-corrected chi connectivity index (χ0v) is 14.3. The fourth-order valence-corrected chi connectivity index (χ4v) is 3.69. The summed E-state index contributed by atoms with van der Waals surface area (Å²) in [6.07, 6.45) is 1.44. The maximum absolute atomic E-state index is 12.6. The lowest BCUT2D eigenvalue weighted by molar-refractivity contribution is -0.384. The number of carbonyl (C=O) groups excluding carboxylic acids is 2. The Hall–Kier alpha value is -2.94. The first-order valence-electron chi connectivity index (χ1n) is 8.18. The van der Waals surface area contributed by atoms with Crippen LogP contribution >= 0.6 is 0 Å². The first kappa shape index (κ1) is 17.9. The van der Waals surface area contributed by atoms with E-state index in [1.54, 1.807) is 6.92 Å². The fraction of sp³-hybridized carbons (Fsp3) is 0.412. The number of esters is 1. The summed E-state index contributed by atoms with van der Waals surface area (Å²) < 4.78 is 5.13. The van der Waals surface area contributed by atoms with Gasteiger partial charge in [-0.25, -0.2) is 0 Å². The Morgan fingerprint density at radius 2 is 2.00 bits per heavy atom. The Kier molecular flexibility index (Phi) is 4.41. The Labute approximate surface area is 149 Å². The Morgan fingerprint density at radius 3 is 2.58 bits per heavy atom. The Bertz CT molecular complexity index is 786. The number of aliphatic hydroxyl groups is 1. The van der Waals surface area contributed by atoms with Crippen molar-refractivity contribution in [1.29, 1.82) is 0 Å². The molecule has 2 aliphatic rings. The zero-order valence-electron chi connectivity index (χ0n) is 14.3. The summed E-state index contributed by atoms with van der Waals surface area (Å²) in [5, 5.41) is 21.8. The third-order valence-corrected chi connectivity index (χ3v) is 4.77. The van der Waals surface area contributed by atoms with Crippen LogP contribution in [0.3, 0.4) is 0 Å². The second-order valence-electron chi connectivity index (χ2n) is 6.52. The standard InChI is InChI=1S/C17H19N3O6/c1-3-26-16(22)14-12(9-4-6-10(7-5-9)20(24)25)13-11(8-17(14,2)23)18-19-15(13)21/h4-8,12-14,18,23H,3H2,1-2H3,(H,19,21)/t12-,13-,14-,17-/m1/s1. The molecule has 1 saturated heterocycles. The summed E-state index contributed by atoms with van der Waals surface area (Å²) in [6, 6.07) is 5.62. The van der Waals surface area contributed by atoms with Gasteiger partial charge in [-0.15, -0.1) is 0 Å². The van der Waals surface area contributed by atoms with E-state index in [4.69, 9.17) is 4.74 Å². The molecular weight excluding hydrogens is 342 g/mol. The van der Waals surface area contributed by atoms with Crippen LogP contribution in [0.4, 0.5) is 5.69 Å². The number of hydrogen-bond donors (Lipinski definition) is 3. The van der Waals surface area contributed by atoms with E-state index < -0.39 is 34.2 Å². The number of benzene rings is 1. The first-order chi connectivity index (χ1) is 12.3. The van der Waals surface area contributed by atoms with E-state index >= 15 is 0 Å². The number of hydrazine groups is 1. The van der Waals surface area contributed by atoms with E-state index in [0.717, 1.165) is 0 Å². The van der Waals surface area contributed by atoms with Crippen molar-refractivity contribution in [2.75, 3.05) is 6.61 Å². The van der Waals surface area contributed by atoms with Gasteiger partial charge in [0, 0.05) is 23.7 Å². The number of nitrogens with zero attached hydrogens (tertiary/aromatic N) is 1. The van der Waals surface area contributed by atoms with Crippen LogP contribution in [-0.4, -0.2) is 34.1 Å². The molecule has 138 valence electrons. The van der Waals surface area contributed by atoms with E-state index in [0.29, 0.717) is 11.3 Å². The summed E-state index contributed by atoms with van der Waals surface area (Å²) >= 11 is 0. The number of ether oxygens (including phenoxy) is 1. The van der Waals surface area contributed by atoms with Gasteiger partial charge in [0.05, 0.1) is 29.0 Å². The van der Waals surface area contributed by atoms with E-state index in [1.807, 2.05) is 0 Å². The number of non-ortho nitro benzene ring substituents is 1. The van der Waals surface area contributed by atoms with Crippen LogP contribution in [0.15, 0.2) is 36.0 Å². The van der Waals surface area contributed by atoms with E-state index in [1.165, 1.54) is 37.3 Å². The molecule has 0 saturated carbocycles. The molecule has 3 rings (SSSR count). The minimum absolute atomic E-state index is 0.103. The average molecular weight is 361 g/mol. The monoisotopic (exact) mass is 361 g/mol. The molecule has 4 atom stereocenters. The van der Waals surface area contributed by atoms with Crippen molar-refractivity contribution in [2.24, 2.45) is 11.8 Å². The van der Waals surface area contributed by atoms with Gasteiger partial charge in [0.1, 0.15) is 0 Å². The molecule has 0 bridgehead atoms. The number of rotatable bonds is 4. The molecule has 1 amide bonds. The molecule has 1 fully saturated rings. The molecule has 9 nitrogen and oxygen atoms in total. The second kappa shape index (κ2) is 6.41. The molecule has 1 aromatic rings. The SMILES string of the molecule is CCOC(=O)[C@H]1[C@H](c2ccc([N+](=O)[O-])cc2)[C@@H]2C(=O)NNC2=C[C@@]1(C)O. The average Bonchev–Trinajstić information content (AvgIpc) is 2.93. The lowest BCUT2D eigenvalue weighted by Gasteiger charge is -2.41. The van der Waals surface area contributed by atoms with Crippen molar-refractivity contribution in [3.05, 3.63) is 51.7 Å². The molecular formula is C17H19N3O6. The van der Waals surface area contributed by atoms with Crippen LogP contribution in [0, 0.1) is 22.0 Å². The molecule has 26 heavy (non-hydrogen) atoms. The van der Waals surface area contributed by atoms with Crippen molar-refractivity contribution in [1.82, 2.24) is 10.9 Å².